The Bertz CT molecular complexity index is 193. The number of carbonyl (C=O) groups excluding carboxylic acids is 1. The molecule has 0 N–H and O–H groups in total. The van der Waals surface area contributed by atoms with Gasteiger partial charge in [0, 0.05) is 5.97 Å². The zero-order valence-electron chi connectivity index (χ0n) is 10.5. The highest BCUT2D eigenvalue weighted by Crippen LogP contribution is 2.31. The molecular formula is C14H25O2-. The van der Waals surface area contributed by atoms with E-state index in [9.17, 15) is 9.90 Å². The summed E-state index contributed by atoms with van der Waals surface area (Å²) in [6, 6.07) is 0. The average Bonchev–Trinajstić information content (AvgIpc) is 2.29. The van der Waals surface area contributed by atoms with Crippen molar-refractivity contribution in [3.05, 3.63) is 0 Å². The van der Waals surface area contributed by atoms with Crippen molar-refractivity contribution < 1.29 is 9.90 Å². The van der Waals surface area contributed by atoms with Crippen LogP contribution in [0, 0.1) is 11.8 Å². The third kappa shape index (κ3) is 5.00. The highest BCUT2D eigenvalue weighted by atomic mass is 16.4. The van der Waals surface area contributed by atoms with E-state index in [-0.39, 0.29) is 5.92 Å². The molecule has 2 nitrogen and oxygen atoms in total. The lowest BCUT2D eigenvalue weighted by Crippen LogP contribution is -2.33. The van der Waals surface area contributed by atoms with Crippen LogP contribution in [-0.2, 0) is 4.79 Å². The molecule has 16 heavy (non-hydrogen) atoms. The summed E-state index contributed by atoms with van der Waals surface area (Å²) < 4.78 is 0. The van der Waals surface area contributed by atoms with Crippen molar-refractivity contribution in [2.24, 2.45) is 11.8 Å². The van der Waals surface area contributed by atoms with Gasteiger partial charge in [-0.1, -0.05) is 45.4 Å². The number of carboxylic acids is 1. The summed E-state index contributed by atoms with van der Waals surface area (Å²) in [4.78, 5) is 10.7. The number of hydrogen-bond acceptors (Lipinski definition) is 2. The van der Waals surface area contributed by atoms with Crippen LogP contribution >= 0.6 is 0 Å². The molecule has 0 heterocycles. The van der Waals surface area contributed by atoms with Crippen molar-refractivity contribution in [3.8, 4) is 0 Å². The normalized spacial score (nSPS) is 25.6. The maximum atomic E-state index is 10.7. The highest BCUT2D eigenvalue weighted by Gasteiger charge is 2.21. The summed E-state index contributed by atoms with van der Waals surface area (Å²) in [5, 5.41) is 10.7. The minimum atomic E-state index is -0.832. The zero-order valence-corrected chi connectivity index (χ0v) is 10.5. The molecule has 0 radical (unpaired) electrons. The van der Waals surface area contributed by atoms with Gasteiger partial charge in [-0.25, -0.2) is 0 Å². The third-order valence-electron chi connectivity index (χ3n) is 3.90. The van der Waals surface area contributed by atoms with Gasteiger partial charge in [0.05, 0.1) is 0 Å². The van der Waals surface area contributed by atoms with E-state index < -0.39 is 5.97 Å². The first-order chi connectivity index (χ1) is 7.74. The van der Waals surface area contributed by atoms with Crippen molar-refractivity contribution in [2.45, 2.75) is 71.1 Å². The van der Waals surface area contributed by atoms with Gasteiger partial charge >= 0.3 is 0 Å². The van der Waals surface area contributed by atoms with E-state index in [0.717, 1.165) is 31.6 Å². The average molecular weight is 225 g/mol. The summed E-state index contributed by atoms with van der Waals surface area (Å²) in [6.45, 7) is 2.24. The van der Waals surface area contributed by atoms with E-state index in [1.54, 1.807) is 0 Å². The van der Waals surface area contributed by atoms with E-state index in [4.69, 9.17) is 0 Å². The Labute approximate surface area is 99.4 Å². The van der Waals surface area contributed by atoms with E-state index in [1.165, 1.54) is 38.5 Å². The van der Waals surface area contributed by atoms with Crippen LogP contribution in [0.1, 0.15) is 71.1 Å². The zero-order chi connectivity index (χ0) is 11.8. The van der Waals surface area contributed by atoms with E-state index in [2.05, 4.69) is 6.92 Å². The van der Waals surface area contributed by atoms with Crippen molar-refractivity contribution in [3.63, 3.8) is 0 Å². The number of unbranched alkanes of at least 4 members (excludes halogenated alkanes) is 4. The molecule has 0 aromatic rings. The predicted octanol–water partition coefficient (Wildman–Crippen LogP) is 2.90. The molecule has 1 aliphatic rings. The van der Waals surface area contributed by atoms with Crippen LogP contribution in [0.2, 0.25) is 0 Å². The fourth-order valence-corrected chi connectivity index (χ4v) is 2.72. The second-order valence-corrected chi connectivity index (χ2v) is 5.24. The Balaban J connectivity index is 2.02. The molecule has 0 saturated heterocycles. The lowest BCUT2D eigenvalue weighted by atomic mass is 9.80. The highest BCUT2D eigenvalue weighted by molar-refractivity contribution is 5.67. The molecule has 2 heteroatoms. The number of aliphatic carboxylic acids is 1. The first kappa shape index (κ1) is 13.5. The van der Waals surface area contributed by atoms with Gasteiger partial charge in [0.15, 0.2) is 0 Å². The Hall–Kier alpha value is -0.530. The van der Waals surface area contributed by atoms with Crippen molar-refractivity contribution in [2.75, 3.05) is 0 Å². The Morgan fingerprint density at radius 2 is 1.69 bits per heavy atom. The summed E-state index contributed by atoms with van der Waals surface area (Å²) in [5.41, 5.74) is 0. The molecular weight excluding hydrogens is 200 g/mol. The van der Waals surface area contributed by atoms with Gasteiger partial charge in [0.25, 0.3) is 0 Å². The fourth-order valence-electron chi connectivity index (χ4n) is 2.72. The lowest BCUT2D eigenvalue weighted by Gasteiger charge is -2.28. The van der Waals surface area contributed by atoms with Crippen LogP contribution < -0.4 is 5.11 Å². The molecule has 0 unspecified atom stereocenters. The summed E-state index contributed by atoms with van der Waals surface area (Å²) in [5.74, 6) is -0.199. The van der Waals surface area contributed by atoms with Gasteiger partial charge < -0.3 is 9.90 Å². The summed E-state index contributed by atoms with van der Waals surface area (Å²) in [6.07, 6.45) is 11.9. The van der Waals surface area contributed by atoms with Gasteiger partial charge in [-0.3, -0.25) is 0 Å². The van der Waals surface area contributed by atoms with Crippen molar-refractivity contribution in [1.82, 2.24) is 0 Å². The second-order valence-electron chi connectivity index (χ2n) is 5.24. The largest absolute Gasteiger partial charge is 0.550 e. The van der Waals surface area contributed by atoms with Gasteiger partial charge in [0.2, 0.25) is 0 Å². The minimum Gasteiger partial charge on any atom is -0.550 e. The third-order valence-corrected chi connectivity index (χ3v) is 3.90. The smallest absolute Gasteiger partial charge is 0.0445 e. The van der Waals surface area contributed by atoms with E-state index >= 15 is 0 Å². The quantitative estimate of drug-likeness (QED) is 0.625. The number of hydrogen-bond donors (Lipinski definition) is 0. The van der Waals surface area contributed by atoms with E-state index in [0.29, 0.717) is 0 Å². The first-order valence-corrected chi connectivity index (χ1v) is 6.95. The topological polar surface area (TPSA) is 40.1 Å². The molecule has 0 aromatic heterocycles. The molecule has 0 aromatic carbocycles. The number of rotatable bonds is 7. The van der Waals surface area contributed by atoms with Crippen LogP contribution in [0.15, 0.2) is 0 Å². The fraction of sp³-hybridized carbons (Fsp3) is 0.929. The molecule has 94 valence electrons. The predicted molar refractivity (Wildman–Crippen MR) is 63.8 cm³/mol. The molecule has 0 aliphatic heterocycles. The van der Waals surface area contributed by atoms with Crippen LogP contribution in [0.4, 0.5) is 0 Å². The molecule has 1 aliphatic carbocycles. The Morgan fingerprint density at radius 1 is 1.06 bits per heavy atom. The number of carboxylic acid groups (broad SMARTS) is 1. The SMILES string of the molecule is CCCCCCCC1CCC(C(=O)[O-])CC1. The molecule has 0 bridgehead atoms. The first-order valence-electron chi connectivity index (χ1n) is 6.95. The van der Waals surface area contributed by atoms with Crippen LogP contribution in [0.25, 0.3) is 0 Å². The van der Waals surface area contributed by atoms with Crippen LogP contribution in [0.5, 0.6) is 0 Å². The molecule has 0 atom stereocenters. The molecule has 1 fully saturated rings. The summed E-state index contributed by atoms with van der Waals surface area (Å²) in [7, 11) is 0. The van der Waals surface area contributed by atoms with Crippen LogP contribution in [0.3, 0.4) is 0 Å². The van der Waals surface area contributed by atoms with Gasteiger partial charge in [-0.15, -0.1) is 0 Å². The second kappa shape index (κ2) is 7.70. The molecule has 0 spiro atoms. The molecule has 1 saturated carbocycles. The molecule has 0 amide bonds. The Morgan fingerprint density at radius 3 is 2.25 bits per heavy atom. The molecule has 1 rings (SSSR count). The minimum absolute atomic E-state index is 0.156. The Kier molecular flexibility index (Phi) is 6.51. The lowest BCUT2D eigenvalue weighted by molar-refractivity contribution is -0.312. The van der Waals surface area contributed by atoms with Crippen molar-refractivity contribution >= 4 is 5.97 Å². The van der Waals surface area contributed by atoms with E-state index in [1.807, 2.05) is 0 Å². The summed E-state index contributed by atoms with van der Waals surface area (Å²) >= 11 is 0. The standard InChI is InChI=1S/C14H26O2/c1-2-3-4-5-6-7-12-8-10-13(11-9-12)14(15)16/h12-13H,2-11H2,1H3,(H,15,16)/p-1. The maximum Gasteiger partial charge on any atom is 0.0445 e. The van der Waals surface area contributed by atoms with Gasteiger partial charge in [-0.05, 0) is 37.5 Å². The van der Waals surface area contributed by atoms with Crippen molar-refractivity contribution in [1.29, 1.82) is 0 Å². The van der Waals surface area contributed by atoms with Gasteiger partial charge in [-0.2, -0.15) is 0 Å². The maximum absolute atomic E-state index is 10.7. The monoisotopic (exact) mass is 225 g/mol. The number of carbonyl (C=O) groups is 1. The van der Waals surface area contributed by atoms with Crippen LogP contribution in [-0.4, -0.2) is 5.97 Å². The van der Waals surface area contributed by atoms with Gasteiger partial charge in [0.1, 0.15) is 0 Å².